The second-order valence-corrected chi connectivity index (χ2v) is 7.32. The summed E-state index contributed by atoms with van der Waals surface area (Å²) in [5, 5.41) is 14.8. The number of aromatic nitrogens is 3. The van der Waals surface area contributed by atoms with E-state index in [1.807, 2.05) is 53.4 Å². The Morgan fingerprint density at radius 3 is 2.64 bits per heavy atom. The molecule has 5 rings (SSSR count). The number of hydrogen-bond donors (Lipinski definition) is 2. The summed E-state index contributed by atoms with van der Waals surface area (Å²) in [6, 6.07) is 15.1. The van der Waals surface area contributed by atoms with Crippen LogP contribution in [0.2, 0.25) is 0 Å². The Labute approximate surface area is 161 Å². The topological polar surface area (TPSA) is 92.2 Å². The average molecular weight is 376 g/mol. The molecule has 1 fully saturated rings. The van der Waals surface area contributed by atoms with E-state index in [-0.39, 0.29) is 18.4 Å². The van der Waals surface area contributed by atoms with Gasteiger partial charge >= 0.3 is 0 Å². The van der Waals surface area contributed by atoms with E-state index in [1.54, 1.807) is 4.68 Å². The fourth-order valence-corrected chi connectivity index (χ4v) is 4.01. The SMILES string of the molecule is O=C1NC2(CCN(C(=O)Cn3nnc4ccccc43)CC2)Nc2ccccc21. The molecule has 2 amide bonds. The lowest BCUT2D eigenvalue weighted by molar-refractivity contribution is -0.133. The summed E-state index contributed by atoms with van der Waals surface area (Å²) < 4.78 is 1.64. The molecule has 8 nitrogen and oxygen atoms in total. The van der Waals surface area contributed by atoms with Crippen molar-refractivity contribution >= 4 is 28.5 Å². The van der Waals surface area contributed by atoms with E-state index >= 15 is 0 Å². The van der Waals surface area contributed by atoms with Crippen LogP contribution in [0.25, 0.3) is 11.0 Å². The minimum Gasteiger partial charge on any atom is -0.362 e. The zero-order chi connectivity index (χ0) is 19.1. The van der Waals surface area contributed by atoms with Crippen molar-refractivity contribution < 1.29 is 9.59 Å². The number of anilines is 1. The van der Waals surface area contributed by atoms with Crippen molar-refractivity contribution in [2.45, 2.75) is 25.0 Å². The monoisotopic (exact) mass is 376 g/mol. The largest absolute Gasteiger partial charge is 0.362 e. The molecule has 0 bridgehead atoms. The van der Waals surface area contributed by atoms with Gasteiger partial charge in [-0.05, 0) is 24.3 Å². The van der Waals surface area contributed by atoms with Gasteiger partial charge in [0, 0.05) is 31.6 Å². The standard InChI is InChI=1S/C20H20N6O2/c27-18(13-26-17-8-4-3-7-16(17)23-24-26)25-11-9-20(10-12-25)21-15-6-2-1-5-14(15)19(28)22-20/h1-8,21H,9-13H2,(H,22,28). The maximum atomic E-state index is 12.8. The molecule has 1 spiro atoms. The van der Waals surface area contributed by atoms with Crippen LogP contribution >= 0.6 is 0 Å². The highest BCUT2D eigenvalue weighted by molar-refractivity contribution is 6.02. The van der Waals surface area contributed by atoms with Gasteiger partial charge in [-0.25, -0.2) is 4.68 Å². The molecule has 0 saturated carbocycles. The number of nitrogens with zero attached hydrogens (tertiary/aromatic N) is 4. The Hall–Kier alpha value is -3.42. The Balaban J connectivity index is 1.27. The summed E-state index contributed by atoms with van der Waals surface area (Å²) >= 11 is 0. The molecule has 0 unspecified atom stereocenters. The van der Waals surface area contributed by atoms with E-state index in [0.29, 0.717) is 31.5 Å². The third-order valence-corrected chi connectivity index (χ3v) is 5.57. The normalized spacial score (nSPS) is 17.9. The van der Waals surface area contributed by atoms with Gasteiger partial charge in [-0.3, -0.25) is 9.59 Å². The summed E-state index contributed by atoms with van der Waals surface area (Å²) in [4.78, 5) is 27.1. The van der Waals surface area contributed by atoms with Gasteiger partial charge in [0.15, 0.2) is 0 Å². The number of para-hydroxylation sites is 2. The van der Waals surface area contributed by atoms with Crippen LogP contribution in [-0.4, -0.2) is 50.5 Å². The molecule has 28 heavy (non-hydrogen) atoms. The first-order chi connectivity index (χ1) is 13.6. The van der Waals surface area contributed by atoms with Crippen LogP contribution in [0.4, 0.5) is 5.69 Å². The Morgan fingerprint density at radius 2 is 1.79 bits per heavy atom. The zero-order valence-corrected chi connectivity index (χ0v) is 15.3. The third-order valence-electron chi connectivity index (χ3n) is 5.57. The van der Waals surface area contributed by atoms with Crippen molar-refractivity contribution in [3.8, 4) is 0 Å². The average Bonchev–Trinajstić information content (AvgIpc) is 3.11. The first-order valence-electron chi connectivity index (χ1n) is 9.39. The number of carbonyl (C=O) groups excluding carboxylic acids is 2. The predicted molar refractivity (Wildman–Crippen MR) is 104 cm³/mol. The Bertz CT molecular complexity index is 1070. The summed E-state index contributed by atoms with van der Waals surface area (Å²) in [6.45, 7) is 1.30. The lowest BCUT2D eigenvalue weighted by Crippen LogP contribution is -2.62. The molecule has 2 aliphatic heterocycles. The van der Waals surface area contributed by atoms with Crippen LogP contribution < -0.4 is 10.6 Å². The minimum atomic E-state index is -0.498. The van der Waals surface area contributed by atoms with Crippen molar-refractivity contribution in [2.24, 2.45) is 0 Å². The molecule has 3 heterocycles. The molecule has 2 aromatic carbocycles. The summed E-state index contributed by atoms with van der Waals surface area (Å²) in [5.41, 5.74) is 2.63. The Morgan fingerprint density at radius 1 is 1.04 bits per heavy atom. The lowest BCUT2D eigenvalue weighted by atomic mass is 9.92. The van der Waals surface area contributed by atoms with Crippen molar-refractivity contribution in [3.05, 3.63) is 54.1 Å². The molecule has 2 N–H and O–H groups in total. The Kier molecular flexibility index (Phi) is 3.78. The second kappa shape index (κ2) is 6.33. The van der Waals surface area contributed by atoms with Gasteiger partial charge in [0.2, 0.25) is 5.91 Å². The number of piperidine rings is 1. The number of rotatable bonds is 2. The summed E-state index contributed by atoms with van der Waals surface area (Å²) in [6.07, 6.45) is 1.30. The number of fused-ring (bicyclic) bond motifs is 2. The number of likely N-dealkylation sites (tertiary alicyclic amines) is 1. The summed E-state index contributed by atoms with van der Waals surface area (Å²) in [7, 11) is 0. The molecule has 1 saturated heterocycles. The highest BCUT2D eigenvalue weighted by Crippen LogP contribution is 2.31. The number of hydrogen-bond acceptors (Lipinski definition) is 5. The van der Waals surface area contributed by atoms with Crippen molar-refractivity contribution in [2.75, 3.05) is 18.4 Å². The molecule has 2 aliphatic rings. The minimum absolute atomic E-state index is 0.00744. The van der Waals surface area contributed by atoms with Gasteiger partial charge in [0.05, 0.1) is 11.1 Å². The van der Waals surface area contributed by atoms with Crippen LogP contribution in [0.3, 0.4) is 0 Å². The van der Waals surface area contributed by atoms with E-state index in [4.69, 9.17) is 0 Å². The van der Waals surface area contributed by atoms with Gasteiger partial charge in [-0.1, -0.05) is 29.5 Å². The fourth-order valence-electron chi connectivity index (χ4n) is 4.01. The molecule has 0 aliphatic carbocycles. The smallest absolute Gasteiger partial charge is 0.255 e. The molecular weight excluding hydrogens is 356 g/mol. The molecule has 8 heteroatoms. The zero-order valence-electron chi connectivity index (χ0n) is 15.3. The van der Waals surface area contributed by atoms with Gasteiger partial charge < -0.3 is 15.5 Å². The highest BCUT2D eigenvalue weighted by Gasteiger charge is 2.40. The molecule has 0 radical (unpaired) electrons. The van der Waals surface area contributed by atoms with Gasteiger partial charge in [0.1, 0.15) is 17.7 Å². The summed E-state index contributed by atoms with van der Waals surface area (Å²) in [5.74, 6) is -0.0590. The van der Waals surface area contributed by atoms with E-state index in [2.05, 4.69) is 20.9 Å². The number of benzene rings is 2. The number of carbonyl (C=O) groups is 2. The maximum Gasteiger partial charge on any atom is 0.255 e. The molecule has 3 aromatic rings. The van der Waals surface area contributed by atoms with Crippen LogP contribution in [-0.2, 0) is 11.3 Å². The van der Waals surface area contributed by atoms with Crippen molar-refractivity contribution in [3.63, 3.8) is 0 Å². The number of nitrogens with one attached hydrogen (secondary N) is 2. The van der Waals surface area contributed by atoms with E-state index < -0.39 is 5.66 Å². The number of amides is 2. The van der Waals surface area contributed by atoms with Crippen LogP contribution in [0.15, 0.2) is 48.5 Å². The molecule has 1 aromatic heterocycles. The van der Waals surface area contributed by atoms with Crippen LogP contribution in [0, 0.1) is 0 Å². The van der Waals surface area contributed by atoms with E-state index in [0.717, 1.165) is 16.7 Å². The lowest BCUT2D eigenvalue weighted by Gasteiger charge is -2.45. The van der Waals surface area contributed by atoms with Crippen molar-refractivity contribution in [1.29, 1.82) is 0 Å². The fraction of sp³-hybridized carbons (Fsp3) is 0.300. The van der Waals surface area contributed by atoms with Gasteiger partial charge in [-0.2, -0.15) is 0 Å². The highest BCUT2D eigenvalue weighted by atomic mass is 16.2. The third kappa shape index (κ3) is 2.77. The van der Waals surface area contributed by atoms with Gasteiger partial charge in [0.25, 0.3) is 5.91 Å². The first kappa shape index (κ1) is 16.7. The maximum absolute atomic E-state index is 12.8. The van der Waals surface area contributed by atoms with E-state index in [9.17, 15) is 9.59 Å². The second-order valence-electron chi connectivity index (χ2n) is 7.32. The van der Waals surface area contributed by atoms with Crippen LogP contribution in [0.5, 0.6) is 0 Å². The molecular formula is C20H20N6O2. The van der Waals surface area contributed by atoms with Crippen LogP contribution in [0.1, 0.15) is 23.2 Å². The first-order valence-corrected chi connectivity index (χ1v) is 9.39. The molecule has 142 valence electrons. The van der Waals surface area contributed by atoms with E-state index in [1.165, 1.54) is 0 Å². The van der Waals surface area contributed by atoms with Crippen molar-refractivity contribution in [1.82, 2.24) is 25.2 Å². The quantitative estimate of drug-likeness (QED) is 0.709. The molecule has 0 atom stereocenters. The van der Waals surface area contributed by atoms with Gasteiger partial charge in [-0.15, -0.1) is 5.10 Å². The predicted octanol–water partition coefficient (Wildman–Crippen LogP) is 1.61.